The molecule has 0 saturated carbocycles. The maximum absolute atomic E-state index is 13.4. The molecule has 1 aliphatic heterocycles. The lowest BCUT2D eigenvalue weighted by atomic mass is 10.1. The Balaban J connectivity index is 1.40. The number of benzene rings is 3. The number of aryl methyl sites for hydroxylation is 2. The first-order valence-electron chi connectivity index (χ1n) is 11.8. The van der Waals surface area contributed by atoms with Crippen LogP contribution in [0, 0.1) is 12.7 Å². The number of hydrogen-bond donors (Lipinski definition) is 1. The van der Waals surface area contributed by atoms with E-state index >= 15 is 0 Å². The van der Waals surface area contributed by atoms with Gasteiger partial charge in [0.05, 0.1) is 12.3 Å². The van der Waals surface area contributed by atoms with E-state index in [2.05, 4.69) is 9.88 Å². The number of para-hydroxylation sites is 1. The first kappa shape index (κ1) is 24.0. The van der Waals surface area contributed by atoms with E-state index in [0.29, 0.717) is 18.7 Å². The standard InChI is InChI=1S/C29H24FN3O4/c1-19-6-4-7-23(16-19)37-15-5-14-32-18-20(24-8-2-3-9-26(24)32)17-25-27(34)31-29(36)33(28(25)35)22-12-10-21(30)11-13-22/h2-4,6-13,16-18H,5,14-15H2,1H3,(H,31,34,36)/b25-17-. The number of amides is 4. The fourth-order valence-corrected chi connectivity index (χ4v) is 4.34. The number of rotatable bonds is 7. The van der Waals surface area contributed by atoms with E-state index in [9.17, 15) is 18.8 Å². The molecule has 1 aliphatic rings. The van der Waals surface area contributed by atoms with Gasteiger partial charge in [0.15, 0.2) is 0 Å². The predicted molar refractivity (Wildman–Crippen MR) is 139 cm³/mol. The van der Waals surface area contributed by atoms with Crippen molar-refractivity contribution in [3.63, 3.8) is 0 Å². The van der Waals surface area contributed by atoms with E-state index in [-0.39, 0.29) is 11.3 Å². The van der Waals surface area contributed by atoms with Gasteiger partial charge in [-0.25, -0.2) is 14.1 Å². The molecule has 0 spiro atoms. The molecule has 0 unspecified atom stereocenters. The Morgan fingerprint density at radius 3 is 2.54 bits per heavy atom. The molecule has 4 amide bonds. The molecule has 1 N–H and O–H groups in total. The molecule has 3 aromatic carbocycles. The van der Waals surface area contributed by atoms with Crippen LogP contribution in [0.5, 0.6) is 5.75 Å². The van der Waals surface area contributed by atoms with Crippen molar-refractivity contribution in [3.05, 3.63) is 102 Å². The Kier molecular flexibility index (Phi) is 6.55. The summed E-state index contributed by atoms with van der Waals surface area (Å²) in [6.45, 7) is 3.21. The highest BCUT2D eigenvalue weighted by Gasteiger charge is 2.37. The van der Waals surface area contributed by atoms with E-state index < -0.39 is 23.7 Å². The molecule has 0 atom stereocenters. The summed E-state index contributed by atoms with van der Waals surface area (Å²) in [6.07, 6.45) is 4.11. The lowest BCUT2D eigenvalue weighted by Crippen LogP contribution is -2.54. The summed E-state index contributed by atoms with van der Waals surface area (Å²) >= 11 is 0. The Morgan fingerprint density at radius 2 is 1.76 bits per heavy atom. The van der Waals surface area contributed by atoms with Crippen LogP contribution in [-0.4, -0.2) is 29.0 Å². The van der Waals surface area contributed by atoms with Crippen LogP contribution >= 0.6 is 0 Å². The number of carbonyl (C=O) groups is 3. The van der Waals surface area contributed by atoms with E-state index in [1.807, 2.05) is 61.7 Å². The molecule has 4 aromatic rings. The third kappa shape index (κ3) is 4.99. The third-order valence-electron chi connectivity index (χ3n) is 6.11. The number of hydrogen-bond acceptors (Lipinski definition) is 4. The smallest absolute Gasteiger partial charge is 0.335 e. The van der Waals surface area contributed by atoms with Gasteiger partial charge in [-0.05, 0) is 67.4 Å². The number of urea groups is 1. The van der Waals surface area contributed by atoms with Crippen LogP contribution in [0.25, 0.3) is 17.0 Å². The SMILES string of the molecule is Cc1cccc(OCCCn2cc(/C=C3/C(=O)NC(=O)N(c4ccc(F)cc4)C3=O)c3ccccc32)c1. The van der Waals surface area contributed by atoms with Gasteiger partial charge in [-0.1, -0.05) is 30.3 Å². The Labute approximate surface area is 212 Å². The number of nitrogens with zero attached hydrogens (tertiary/aromatic N) is 2. The van der Waals surface area contributed by atoms with Crippen LogP contribution in [0.1, 0.15) is 17.5 Å². The molecule has 7 nitrogen and oxygen atoms in total. The molecule has 1 aromatic heterocycles. The molecule has 8 heteroatoms. The molecule has 186 valence electrons. The second-order valence-electron chi connectivity index (χ2n) is 8.75. The number of fused-ring (bicyclic) bond motifs is 1. The second-order valence-corrected chi connectivity index (χ2v) is 8.75. The number of halogens is 1. The largest absolute Gasteiger partial charge is 0.494 e. The van der Waals surface area contributed by atoms with Crippen molar-refractivity contribution in [2.24, 2.45) is 0 Å². The lowest BCUT2D eigenvalue weighted by Gasteiger charge is -2.26. The fraction of sp³-hybridized carbons (Fsp3) is 0.138. The average molecular weight is 498 g/mol. The first-order chi connectivity index (χ1) is 17.9. The molecule has 2 heterocycles. The third-order valence-corrected chi connectivity index (χ3v) is 6.11. The van der Waals surface area contributed by atoms with Gasteiger partial charge in [0.1, 0.15) is 17.1 Å². The van der Waals surface area contributed by atoms with Crippen LogP contribution in [0.4, 0.5) is 14.9 Å². The maximum Gasteiger partial charge on any atom is 0.335 e. The molecule has 0 bridgehead atoms. The fourth-order valence-electron chi connectivity index (χ4n) is 4.34. The maximum atomic E-state index is 13.4. The van der Waals surface area contributed by atoms with Crippen molar-refractivity contribution in [1.29, 1.82) is 0 Å². The van der Waals surface area contributed by atoms with Gasteiger partial charge < -0.3 is 9.30 Å². The van der Waals surface area contributed by atoms with Crippen molar-refractivity contribution in [2.75, 3.05) is 11.5 Å². The van der Waals surface area contributed by atoms with Crippen molar-refractivity contribution < 1.29 is 23.5 Å². The summed E-state index contributed by atoms with van der Waals surface area (Å²) in [5.41, 5.74) is 2.72. The van der Waals surface area contributed by atoms with Crippen LogP contribution in [0.15, 0.2) is 84.6 Å². The summed E-state index contributed by atoms with van der Waals surface area (Å²) in [6, 6.07) is 19.6. The number of barbiturate groups is 1. The van der Waals surface area contributed by atoms with Crippen LogP contribution in [0.2, 0.25) is 0 Å². The Hall–Kier alpha value is -4.72. The highest BCUT2D eigenvalue weighted by atomic mass is 19.1. The van der Waals surface area contributed by atoms with Gasteiger partial charge in [-0.3, -0.25) is 14.9 Å². The molecule has 5 rings (SSSR count). The van der Waals surface area contributed by atoms with E-state index in [1.165, 1.54) is 18.2 Å². The van der Waals surface area contributed by atoms with Crippen molar-refractivity contribution >= 4 is 40.5 Å². The molecule has 1 saturated heterocycles. The Morgan fingerprint density at radius 1 is 0.973 bits per heavy atom. The second kappa shape index (κ2) is 10.1. The zero-order valence-electron chi connectivity index (χ0n) is 20.1. The average Bonchev–Trinajstić information content (AvgIpc) is 3.23. The van der Waals surface area contributed by atoms with Gasteiger partial charge in [0.2, 0.25) is 0 Å². The number of aromatic nitrogens is 1. The van der Waals surface area contributed by atoms with Gasteiger partial charge in [0.25, 0.3) is 11.8 Å². The highest BCUT2D eigenvalue weighted by molar-refractivity contribution is 6.39. The van der Waals surface area contributed by atoms with Crippen molar-refractivity contribution in [3.8, 4) is 5.75 Å². The van der Waals surface area contributed by atoms with E-state index in [4.69, 9.17) is 4.74 Å². The number of ether oxygens (including phenoxy) is 1. The highest BCUT2D eigenvalue weighted by Crippen LogP contribution is 2.27. The molecular formula is C29H24FN3O4. The minimum Gasteiger partial charge on any atom is -0.494 e. The summed E-state index contributed by atoms with van der Waals surface area (Å²) in [5.74, 6) is -1.23. The molecule has 37 heavy (non-hydrogen) atoms. The Bertz CT molecular complexity index is 1540. The topological polar surface area (TPSA) is 80.6 Å². The summed E-state index contributed by atoms with van der Waals surface area (Å²) in [4.78, 5) is 39.1. The van der Waals surface area contributed by atoms with Crippen molar-refractivity contribution in [1.82, 2.24) is 9.88 Å². The first-order valence-corrected chi connectivity index (χ1v) is 11.8. The normalized spacial score (nSPS) is 14.9. The number of anilines is 1. The summed E-state index contributed by atoms with van der Waals surface area (Å²) in [5, 5.41) is 3.06. The van der Waals surface area contributed by atoms with Gasteiger partial charge in [0, 0.05) is 29.2 Å². The van der Waals surface area contributed by atoms with E-state index in [0.717, 1.165) is 45.7 Å². The minimum atomic E-state index is -0.880. The number of nitrogens with one attached hydrogen (secondary N) is 1. The van der Waals surface area contributed by atoms with Gasteiger partial charge in [-0.2, -0.15) is 0 Å². The van der Waals surface area contributed by atoms with E-state index in [1.54, 1.807) is 0 Å². The molecule has 0 aliphatic carbocycles. The predicted octanol–water partition coefficient (Wildman–Crippen LogP) is 5.22. The zero-order valence-corrected chi connectivity index (χ0v) is 20.1. The van der Waals surface area contributed by atoms with Crippen LogP contribution in [-0.2, 0) is 16.1 Å². The summed E-state index contributed by atoms with van der Waals surface area (Å²) < 4.78 is 21.3. The quantitative estimate of drug-likeness (QED) is 0.216. The summed E-state index contributed by atoms with van der Waals surface area (Å²) in [7, 11) is 0. The van der Waals surface area contributed by atoms with Crippen LogP contribution < -0.4 is 15.0 Å². The number of imide groups is 2. The lowest BCUT2D eigenvalue weighted by molar-refractivity contribution is -0.122. The minimum absolute atomic E-state index is 0.165. The van der Waals surface area contributed by atoms with Gasteiger partial charge >= 0.3 is 6.03 Å². The van der Waals surface area contributed by atoms with Crippen molar-refractivity contribution in [2.45, 2.75) is 19.9 Å². The monoisotopic (exact) mass is 497 g/mol. The molecular weight excluding hydrogens is 473 g/mol. The van der Waals surface area contributed by atoms with Crippen LogP contribution in [0.3, 0.4) is 0 Å². The number of carbonyl (C=O) groups excluding carboxylic acids is 3. The molecule has 1 fully saturated rings. The molecule has 0 radical (unpaired) electrons. The van der Waals surface area contributed by atoms with Gasteiger partial charge in [-0.15, -0.1) is 0 Å². The zero-order chi connectivity index (χ0) is 25.9.